The fraction of sp³-hybridized carbons (Fsp3) is 0. The van der Waals surface area contributed by atoms with Crippen LogP contribution in [0.5, 0.6) is 5.88 Å². The molecule has 0 unspecified atom stereocenters. The molecule has 1 heterocycles. The Morgan fingerprint density at radius 3 is 2.55 bits per heavy atom. The van der Waals surface area contributed by atoms with Crippen molar-refractivity contribution in [2.45, 2.75) is 0 Å². The van der Waals surface area contributed by atoms with Crippen LogP contribution in [0.25, 0.3) is 0 Å². The number of azo groups is 1. The van der Waals surface area contributed by atoms with E-state index >= 15 is 0 Å². The Labute approximate surface area is 120 Å². The van der Waals surface area contributed by atoms with E-state index in [1.54, 1.807) is 4.98 Å². The number of nitrogens with one attached hydrogen (secondary N) is 2. The molecule has 0 bridgehead atoms. The molecule has 0 saturated carbocycles. The summed E-state index contributed by atoms with van der Waals surface area (Å²) < 4.78 is 0. The molecule has 0 aliphatic carbocycles. The molecule has 0 aliphatic heterocycles. The molecule has 11 nitrogen and oxygen atoms in total. The van der Waals surface area contributed by atoms with Crippen LogP contribution in [0.1, 0.15) is 10.4 Å². The van der Waals surface area contributed by atoms with E-state index < -0.39 is 39.3 Å². The highest BCUT2D eigenvalue weighted by atomic mass is 16.6. The van der Waals surface area contributed by atoms with E-state index in [0.29, 0.717) is 0 Å². The van der Waals surface area contributed by atoms with Gasteiger partial charge < -0.3 is 5.11 Å². The Bertz CT molecular complexity index is 896. The van der Waals surface area contributed by atoms with Crippen molar-refractivity contribution in [3.63, 3.8) is 0 Å². The molecule has 3 N–H and O–H groups in total. The van der Waals surface area contributed by atoms with Crippen molar-refractivity contribution in [2.24, 2.45) is 10.2 Å². The molecular weight excluding hydrogens is 298 g/mol. The number of H-pyrrole nitrogens is 2. The van der Waals surface area contributed by atoms with Gasteiger partial charge in [-0.2, -0.15) is 0 Å². The number of aromatic amines is 2. The minimum atomic E-state index is -1.09. The van der Waals surface area contributed by atoms with E-state index in [1.165, 1.54) is 12.1 Å². The molecule has 2 aromatic rings. The number of nitrogens with zero attached hydrogens (tertiary/aromatic N) is 3. The number of amides is 1. The quantitative estimate of drug-likeness (QED) is 0.425. The number of carbonyl (C=O) groups is 1. The van der Waals surface area contributed by atoms with E-state index in [1.807, 2.05) is 4.98 Å². The number of benzene rings is 1. The first-order chi connectivity index (χ1) is 10.4. The Morgan fingerprint density at radius 1 is 1.23 bits per heavy atom. The smallest absolute Gasteiger partial charge is 0.328 e. The van der Waals surface area contributed by atoms with E-state index in [9.17, 15) is 29.6 Å². The van der Waals surface area contributed by atoms with Gasteiger partial charge in [-0.25, -0.2) is 4.79 Å². The maximum Gasteiger partial charge on any atom is 0.328 e. The van der Waals surface area contributed by atoms with Gasteiger partial charge in [-0.1, -0.05) is 12.1 Å². The molecule has 22 heavy (non-hydrogen) atoms. The summed E-state index contributed by atoms with van der Waals surface area (Å²) in [7, 11) is 0. The molecule has 0 aliphatic rings. The summed E-state index contributed by atoms with van der Waals surface area (Å²) >= 11 is 0. The van der Waals surface area contributed by atoms with Crippen LogP contribution in [0.15, 0.2) is 44.1 Å². The van der Waals surface area contributed by atoms with Crippen molar-refractivity contribution in [3.05, 3.63) is 60.8 Å². The molecule has 1 aromatic carbocycles. The van der Waals surface area contributed by atoms with E-state index in [2.05, 4.69) is 10.2 Å². The number of aromatic hydroxyl groups is 1. The number of nitro benzene ring substituents is 1. The number of aromatic nitrogens is 2. The molecule has 112 valence electrons. The van der Waals surface area contributed by atoms with Crippen molar-refractivity contribution in [2.75, 3.05) is 0 Å². The molecule has 0 saturated heterocycles. The number of hydrogen-bond acceptors (Lipinski definition) is 7. The number of rotatable bonds is 3. The fourth-order valence-electron chi connectivity index (χ4n) is 1.52. The second kappa shape index (κ2) is 5.78. The monoisotopic (exact) mass is 305 g/mol. The predicted molar refractivity (Wildman–Crippen MR) is 71.3 cm³/mol. The van der Waals surface area contributed by atoms with Crippen molar-refractivity contribution >= 4 is 17.3 Å². The highest BCUT2D eigenvalue weighted by Gasteiger charge is 2.19. The van der Waals surface area contributed by atoms with Crippen molar-refractivity contribution in [1.29, 1.82) is 0 Å². The Balaban J connectivity index is 2.40. The van der Waals surface area contributed by atoms with Gasteiger partial charge >= 0.3 is 11.6 Å². The summed E-state index contributed by atoms with van der Waals surface area (Å²) in [4.78, 5) is 47.7. The van der Waals surface area contributed by atoms with Crippen molar-refractivity contribution in [1.82, 2.24) is 9.97 Å². The number of nitro groups is 1. The van der Waals surface area contributed by atoms with E-state index in [0.717, 1.165) is 12.1 Å². The molecule has 0 atom stereocenters. The SMILES string of the molecule is O=C(N=Nc1c(O)[nH]c(=O)[nH]c1=O)c1ccccc1[N+](=O)[O-]. The molecule has 11 heteroatoms. The van der Waals surface area contributed by atoms with Crippen LogP contribution in [-0.4, -0.2) is 25.9 Å². The average Bonchev–Trinajstić information content (AvgIpc) is 2.45. The van der Waals surface area contributed by atoms with Crippen LogP contribution in [-0.2, 0) is 0 Å². The Hall–Kier alpha value is -3.63. The van der Waals surface area contributed by atoms with Crippen LogP contribution in [0.3, 0.4) is 0 Å². The number of hydrogen-bond donors (Lipinski definition) is 3. The lowest BCUT2D eigenvalue weighted by Gasteiger charge is -1.97. The third-order valence-electron chi connectivity index (χ3n) is 2.47. The first kappa shape index (κ1) is 14.8. The van der Waals surface area contributed by atoms with Gasteiger partial charge in [0, 0.05) is 6.07 Å². The highest BCUT2D eigenvalue weighted by molar-refractivity contribution is 5.98. The zero-order valence-corrected chi connectivity index (χ0v) is 10.6. The normalized spacial score (nSPS) is 10.7. The maximum absolute atomic E-state index is 11.8. The molecule has 2 rings (SSSR count). The summed E-state index contributed by atoms with van der Waals surface area (Å²) in [6.07, 6.45) is 0. The van der Waals surface area contributed by atoms with Crippen molar-refractivity contribution in [3.8, 4) is 5.88 Å². The number of carbonyl (C=O) groups excluding carboxylic acids is 1. The third-order valence-corrected chi connectivity index (χ3v) is 2.47. The largest absolute Gasteiger partial charge is 0.493 e. The first-order valence-electron chi connectivity index (χ1n) is 5.65. The Kier molecular flexibility index (Phi) is 3.88. The lowest BCUT2D eigenvalue weighted by atomic mass is 10.2. The Morgan fingerprint density at radius 2 is 1.91 bits per heavy atom. The van der Waals surface area contributed by atoms with Gasteiger partial charge in [0.2, 0.25) is 11.6 Å². The van der Waals surface area contributed by atoms with Gasteiger partial charge in [0.1, 0.15) is 5.56 Å². The summed E-state index contributed by atoms with van der Waals surface area (Å²) in [6, 6.07) is 5.02. The van der Waals surface area contributed by atoms with Gasteiger partial charge in [-0.3, -0.25) is 29.7 Å². The first-order valence-corrected chi connectivity index (χ1v) is 5.65. The third kappa shape index (κ3) is 2.92. The highest BCUT2D eigenvalue weighted by Crippen LogP contribution is 2.20. The van der Waals surface area contributed by atoms with E-state index in [4.69, 9.17) is 0 Å². The molecular formula is C11H7N5O6. The van der Waals surface area contributed by atoms with E-state index in [-0.39, 0.29) is 5.56 Å². The topological polar surface area (TPSA) is 171 Å². The summed E-state index contributed by atoms with van der Waals surface area (Å²) in [6.45, 7) is 0. The predicted octanol–water partition coefficient (Wildman–Crippen LogP) is 0.601. The summed E-state index contributed by atoms with van der Waals surface area (Å²) in [5.41, 5.74) is -3.55. The minimum absolute atomic E-state index is 0.336. The molecule has 1 amide bonds. The second-order valence-corrected chi connectivity index (χ2v) is 3.88. The summed E-state index contributed by atoms with van der Waals surface area (Å²) in [5, 5.41) is 26.5. The molecule has 0 radical (unpaired) electrons. The zero-order valence-electron chi connectivity index (χ0n) is 10.6. The average molecular weight is 305 g/mol. The van der Waals surface area contributed by atoms with Gasteiger partial charge in [-0.15, -0.1) is 10.2 Å². The standard InChI is InChI=1S/C11H7N5O6/c17-8(5-3-1-2-4-6(5)16(21)22)15-14-7-9(18)12-11(20)13-10(7)19/h1-4H,(H3,12,13,18,19,20). The van der Waals surface area contributed by atoms with Gasteiger partial charge in [-0.05, 0) is 6.07 Å². The number of para-hydroxylation sites is 1. The van der Waals surface area contributed by atoms with Crippen molar-refractivity contribution < 1.29 is 14.8 Å². The van der Waals surface area contributed by atoms with Crippen LogP contribution in [0, 0.1) is 10.1 Å². The minimum Gasteiger partial charge on any atom is -0.493 e. The maximum atomic E-state index is 11.8. The van der Waals surface area contributed by atoms with Gasteiger partial charge in [0.25, 0.3) is 11.2 Å². The van der Waals surface area contributed by atoms with Gasteiger partial charge in [0.15, 0.2) is 0 Å². The lowest BCUT2D eigenvalue weighted by Crippen LogP contribution is -2.21. The fourth-order valence-corrected chi connectivity index (χ4v) is 1.52. The van der Waals surface area contributed by atoms with Crippen LogP contribution in [0.4, 0.5) is 11.4 Å². The molecule has 0 fully saturated rings. The van der Waals surface area contributed by atoms with Crippen LogP contribution >= 0.6 is 0 Å². The zero-order chi connectivity index (χ0) is 16.3. The van der Waals surface area contributed by atoms with Gasteiger partial charge in [0.05, 0.1) is 4.92 Å². The molecule has 1 aromatic heterocycles. The molecule has 0 spiro atoms. The second-order valence-electron chi connectivity index (χ2n) is 3.88. The lowest BCUT2D eigenvalue weighted by molar-refractivity contribution is -0.385. The summed E-state index contributed by atoms with van der Waals surface area (Å²) in [5.74, 6) is -1.97. The van der Waals surface area contributed by atoms with Crippen LogP contribution < -0.4 is 11.2 Å². The van der Waals surface area contributed by atoms with Crippen LogP contribution in [0.2, 0.25) is 0 Å².